The molecule has 1 atom stereocenters. The molecule has 0 fully saturated rings. The van der Waals surface area contributed by atoms with Crippen molar-refractivity contribution < 1.29 is 0 Å². The molecular weight excluding hydrogens is 276 g/mol. The normalized spacial score (nSPS) is 17.8. The molecule has 19 heavy (non-hydrogen) atoms. The molecule has 2 aromatic heterocycles. The summed E-state index contributed by atoms with van der Waals surface area (Å²) in [4.78, 5) is 10.3. The second kappa shape index (κ2) is 5.22. The van der Waals surface area contributed by atoms with Crippen LogP contribution in [0.1, 0.15) is 35.0 Å². The molecule has 0 saturated heterocycles. The molecule has 2 heterocycles. The van der Waals surface area contributed by atoms with Gasteiger partial charge in [0.1, 0.15) is 10.7 Å². The second-order valence-electron chi connectivity index (χ2n) is 4.52. The van der Waals surface area contributed by atoms with Crippen molar-refractivity contribution >= 4 is 34.5 Å². The molecule has 98 valence electrons. The Labute approximate surface area is 121 Å². The van der Waals surface area contributed by atoms with Crippen molar-refractivity contribution in [2.24, 2.45) is 5.73 Å². The first-order valence-corrected chi connectivity index (χ1v) is 7.48. The highest BCUT2D eigenvalue weighted by Gasteiger charge is 2.21. The van der Waals surface area contributed by atoms with Crippen molar-refractivity contribution in [1.82, 2.24) is 9.97 Å². The van der Waals surface area contributed by atoms with E-state index in [4.69, 9.17) is 18.0 Å². The fourth-order valence-electron chi connectivity index (χ4n) is 2.36. The van der Waals surface area contributed by atoms with E-state index in [-0.39, 0.29) is 6.04 Å². The smallest absolute Gasteiger partial charge is 0.223 e. The van der Waals surface area contributed by atoms with Crippen molar-refractivity contribution in [1.29, 1.82) is 0 Å². The van der Waals surface area contributed by atoms with E-state index in [1.807, 2.05) is 11.3 Å². The zero-order chi connectivity index (χ0) is 13.2. The molecule has 0 radical (unpaired) electrons. The van der Waals surface area contributed by atoms with Gasteiger partial charge in [-0.05, 0) is 42.3 Å². The number of nitrogens with two attached hydrogens (primary N) is 1. The van der Waals surface area contributed by atoms with Crippen LogP contribution in [-0.4, -0.2) is 15.0 Å². The minimum atomic E-state index is 0.289. The highest BCUT2D eigenvalue weighted by Crippen LogP contribution is 2.34. The van der Waals surface area contributed by atoms with Gasteiger partial charge in [0, 0.05) is 11.1 Å². The monoisotopic (exact) mass is 290 g/mol. The van der Waals surface area contributed by atoms with Crippen LogP contribution in [0.3, 0.4) is 0 Å². The van der Waals surface area contributed by atoms with Crippen LogP contribution in [0.25, 0.3) is 0 Å². The first kappa shape index (κ1) is 12.5. The molecular formula is C13H14N4S2. The van der Waals surface area contributed by atoms with E-state index in [2.05, 4.69) is 26.7 Å². The zero-order valence-electron chi connectivity index (χ0n) is 10.3. The SMILES string of the molecule is NC(=S)c1ccnc(NC2CCCc3sccc32)n1. The topological polar surface area (TPSA) is 63.8 Å². The summed E-state index contributed by atoms with van der Waals surface area (Å²) >= 11 is 6.76. The first-order chi connectivity index (χ1) is 9.24. The maximum atomic E-state index is 5.59. The van der Waals surface area contributed by atoms with Crippen molar-refractivity contribution in [2.45, 2.75) is 25.3 Å². The van der Waals surface area contributed by atoms with E-state index in [0.717, 1.165) is 6.42 Å². The molecule has 2 aromatic rings. The van der Waals surface area contributed by atoms with Gasteiger partial charge in [0.05, 0.1) is 6.04 Å². The van der Waals surface area contributed by atoms with E-state index in [1.54, 1.807) is 12.3 Å². The molecule has 0 spiro atoms. The Morgan fingerprint density at radius 3 is 3.21 bits per heavy atom. The van der Waals surface area contributed by atoms with Gasteiger partial charge in [-0.25, -0.2) is 9.97 Å². The summed E-state index contributed by atoms with van der Waals surface area (Å²) < 4.78 is 0. The molecule has 0 saturated carbocycles. The van der Waals surface area contributed by atoms with Crippen molar-refractivity contribution in [3.63, 3.8) is 0 Å². The average Bonchev–Trinajstić information content (AvgIpc) is 2.88. The molecule has 6 heteroatoms. The molecule has 4 nitrogen and oxygen atoms in total. The van der Waals surface area contributed by atoms with Crippen LogP contribution < -0.4 is 11.1 Å². The van der Waals surface area contributed by atoms with Crippen LogP contribution in [0.2, 0.25) is 0 Å². The summed E-state index contributed by atoms with van der Waals surface area (Å²) in [5, 5.41) is 5.54. The Hall–Kier alpha value is -1.53. The molecule has 0 aromatic carbocycles. The summed E-state index contributed by atoms with van der Waals surface area (Å²) in [5.41, 5.74) is 7.57. The van der Waals surface area contributed by atoms with Gasteiger partial charge in [0.15, 0.2) is 0 Å². The highest BCUT2D eigenvalue weighted by molar-refractivity contribution is 7.80. The maximum Gasteiger partial charge on any atom is 0.223 e. The Morgan fingerprint density at radius 1 is 1.47 bits per heavy atom. The van der Waals surface area contributed by atoms with Gasteiger partial charge in [0.25, 0.3) is 0 Å². The predicted octanol–water partition coefficient (Wildman–Crippen LogP) is 2.66. The summed E-state index contributed by atoms with van der Waals surface area (Å²) in [6.07, 6.45) is 5.16. The Morgan fingerprint density at radius 2 is 2.37 bits per heavy atom. The fraction of sp³-hybridized carbons (Fsp3) is 0.308. The van der Waals surface area contributed by atoms with E-state index in [9.17, 15) is 0 Å². The second-order valence-corrected chi connectivity index (χ2v) is 5.96. The summed E-state index contributed by atoms with van der Waals surface area (Å²) in [7, 11) is 0. The number of fused-ring (bicyclic) bond motifs is 1. The number of thiocarbonyl (C=S) groups is 1. The van der Waals surface area contributed by atoms with Crippen molar-refractivity contribution in [3.05, 3.63) is 39.8 Å². The number of aryl methyl sites for hydroxylation is 1. The maximum absolute atomic E-state index is 5.59. The fourth-order valence-corrected chi connectivity index (χ4v) is 3.46. The quantitative estimate of drug-likeness (QED) is 0.851. The standard InChI is InChI=1S/C13H14N4S2/c14-12(18)10-4-6-15-13(17-10)16-9-2-1-3-11-8(9)5-7-19-11/h4-7,9H,1-3H2,(H2,14,18)(H,15,16,17). The lowest BCUT2D eigenvalue weighted by molar-refractivity contribution is 0.604. The van der Waals surface area contributed by atoms with Gasteiger partial charge in [-0.2, -0.15) is 0 Å². The van der Waals surface area contributed by atoms with E-state index in [1.165, 1.54) is 23.3 Å². The molecule has 1 aliphatic carbocycles. The van der Waals surface area contributed by atoms with E-state index >= 15 is 0 Å². The van der Waals surface area contributed by atoms with Crippen molar-refractivity contribution in [3.8, 4) is 0 Å². The molecule has 3 rings (SSSR count). The van der Waals surface area contributed by atoms with Crippen LogP contribution >= 0.6 is 23.6 Å². The third kappa shape index (κ3) is 2.59. The Kier molecular flexibility index (Phi) is 3.44. The molecule has 0 aliphatic heterocycles. The van der Waals surface area contributed by atoms with Crippen LogP contribution in [0.5, 0.6) is 0 Å². The van der Waals surface area contributed by atoms with Gasteiger partial charge in [-0.1, -0.05) is 12.2 Å². The molecule has 1 unspecified atom stereocenters. The average molecular weight is 290 g/mol. The number of aromatic nitrogens is 2. The number of rotatable bonds is 3. The minimum Gasteiger partial charge on any atom is -0.388 e. The lowest BCUT2D eigenvalue weighted by atomic mass is 9.94. The first-order valence-electron chi connectivity index (χ1n) is 6.19. The molecule has 3 N–H and O–H groups in total. The van der Waals surface area contributed by atoms with Crippen LogP contribution in [0, 0.1) is 0 Å². The molecule has 1 aliphatic rings. The highest BCUT2D eigenvalue weighted by atomic mass is 32.1. The van der Waals surface area contributed by atoms with Crippen LogP contribution in [-0.2, 0) is 6.42 Å². The van der Waals surface area contributed by atoms with Gasteiger partial charge in [-0.3, -0.25) is 0 Å². The molecule has 0 bridgehead atoms. The van der Waals surface area contributed by atoms with Crippen LogP contribution in [0.4, 0.5) is 5.95 Å². The van der Waals surface area contributed by atoms with E-state index < -0.39 is 0 Å². The summed E-state index contributed by atoms with van der Waals surface area (Å²) in [5.74, 6) is 0.592. The van der Waals surface area contributed by atoms with E-state index in [0.29, 0.717) is 16.6 Å². The number of hydrogen-bond donors (Lipinski definition) is 2. The predicted molar refractivity (Wildman–Crippen MR) is 81.5 cm³/mol. The Balaban J connectivity index is 1.83. The number of thiophene rings is 1. The zero-order valence-corrected chi connectivity index (χ0v) is 11.9. The summed E-state index contributed by atoms with van der Waals surface area (Å²) in [6.45, 7) is 0. The summed E-state index contributed by atoms with van der Waals surface area (Å²) in [6, 6.07) is 4.20. The number of nitrogens with one attached hydrogen (secondary N) is 1. The van der Waals surface area contributed by atoms with Crippen molar-refractivity contribution in [2.75, 3.05) is 5.32 Å². The van der Waals surface area contributed by atoms with Gasteiger partial charge in [0.2, 0.25) is 5.95 Å². The third-order valence-electron chi connectivity index (χ3n) is 3.26. The number of hydrogen-bond acceptors (Lipinski definition) is 5. The molecule has 0 amide bonds. The van der Waals surface area contributed by atoms with Crippen LogP contribution in [0.15, 0.2) is 23.7 Å². The Bertz CT molecular complexity index is 608. The van der Waals surface area contributed by atoms with Gasteiger partial charge >= 0.3 is 0 Å². The van der Waals surface area contributed by atoms with Gasteiger partial charge in [-0.15, -0.1) is 11.3 Å². The number of nitrogens with zero attached hydrogens (tertiary/aromatic N) is 2. The largest absolute Gasteiger partial charge is 0.388 e. The third-order valence-corrected chi connectivity index (χ3v) is 4.47. The number of anilines is 1. The van der Waals surface area contributed by atoms with Gasteiger partial charge < -0.3 is 11.1 Å². The lowest BCUT2D eigenvalue weighted by Gasteiger charge is -2.23. The lowest BCUT2D eigenvalue weighted by Crippen LogP contribution is -2.19. The minimum absolute atomic E-state index is 0.289.